The SMILES string of the molecule is O=C(Nc1ccnn1[C@H]1CCN(Cc2ccccc2)C1)c1ccon1. The van der Waals surface area contributed by atoms with Crippen molar-refractivity contribution in [2.75, 3.05) is 18.4 Å². The van der Waals surface area contributed by atoms with Gasteiger partial charge in [0.25, 0.3) is 5.91 Å². The van der Waals surface area contributed by atoms with Crippen LogP contribution in [-0.4, -0.2) is 38.8 Å². The first kappa shape index (κ1) is 15.6. The molecule has 0 unspecified atom stereocenters. The average Bonchev–Trinajstić information content (AvgIpc) is 3.37. The molecule has 128 valence electrons. The van der Waals surface area contributed by atoms with Crippen LogP contribution in [0.15, 0.2) is 59.4 Å². The first-order valence-corrected chi connectivity index (χ1v) is 8.31. The normalized spacial score (nSPS) is 17.7. The van der Waals surface area contributed by atoms with Crippen LogP contribution >= 0.6 is 0 Å². The van der Waals surface area contributed by atoms with Crippen molar-refractivity contribution in [3.63, 3.8) is 0 Å². The van der Waals surface area contributed by atoms with E-state index in [1.165, 1.54) is 17.9 Å². The van der Waals surface area contributed by atoms with E-state index in [4.69, 9.17) is 4.52 Å². The fourth-order valence-corrected chi connectivity index (χ4v) is 3.21. The van der Waals surface area contributed by atoms with Gasteiger partial charge in [0.2, 0.25) is 0 Å². The lowest BCUT2D eigenvalue weighted by molar-refractivity contribution is 0.101. The van der Waals surface area contributed by atoms with E-state index < -0.39 is 0 Å². The standard InChI is InChI=1S/C18H19N5O2/c24-18(16-8-11-25-21-16)20-17-6-9-19-23(17)15-7-10-22(13-15)12-14-4-2-1-3-5-14/h1-6,8-9,11,15H,7,10,12-13H2,(H,20,24)/t15-/m0/s1. The minimum absolute atomic E-state index is 0.242. The number of hydrogen-bond donors (Lipinski definition) is 1. The third-order valence-corrected chi connectivity index (χ3v) is 4.42. The van der Waals surface area contributed by atoms with Gasteiger partial charge in [-0.25, -0.2) is 4.68 Å². The van der Waals surface area contributed by atoms with Crippen LogP contribution in [0.1, 0.15) is 28.5 Å². The molecule has 3 heterocycles. The predicted octanol–water partition coefficient (Wildman–Crippen LogP) is 2.57. The van der Waals surface area contributed by atoms with Crippen molar-refractivity contribution in [2.45, 2.75) is 19.0 Å². The van der Waals surface area contributed by atoms with E-state index in [1.54, 1.807) is 12.3 Å². The van der Waals surface area contributed by atoms with Crippen molar-refractivity contribution < 1.29 is 9.32 Å². The highest BCUT2D eigenvalue weighted by atomic mass is 16.5. The molecule has 25 heavy (non-hydrogen) atoms. The first-order valence-electron chi connectivity index (χ1n) is 8.31. The lowest BCUT2D eigenvalue weighted by atomic mass is 10.2. The molecule has 1 aliphatic rings. The fourth-order valence-electron chi connectivity index (χ4n) is 3.21. The molecule has 0 spiro atoms. The molecular weight excluding hydrogens is 318 g/mol. The van der Waals surface area contributed by atoms with Crippen molar-refractivity contribution in [3.05, 3.63) is 66.2 Å². The third kappa shape index (κ3) is 3.46. The predicted molar refractivity (Wildman–Crippen MR) is 92.1 cm³/mol. The van der Waals surface area contributed by atoms with E-state index in [0.29, 0.717) is 5.82 Å². The molecule has 1 aliphatic heterocycles. The van der Waals surface area contributed by atoms with Crippen LogP contribution in [0.5, 0.6) is 0 Å². The van der Waals surface area contributed by atoms with Crippen LogP contribution in [0.3, 0.4) is 0 Å². The van der Waals surface area contributed by atoms with Crippen molar-refractivity contribution in [1.29, 1.82) is 0 Å². The summed E-state index contributed by atoms with van der Waals surface area (Å²) in [6.45, 7) is 2.85. The molecule has 3 aromatic rings. The van der Waals surface area contributed by atoms with E-state index in [0.717, 1.165) is 26.1 Å². The van der Waals surface area contributed by atoms with Gasteiger partial charge in [0.05, 0.1) is 12.2 Å². The Bertz CT molecular complexity index is 828. The van der Waals surface area contributed by atoms with Crippen molar-refractivity contribution in [3.8, 4) is 0 Å². The summed E-state index contributed by atoms with van der Waals surface area (Å²) in [5.74, 6) is 0.384. The maximum atomic E-state index is 12.2. The molecule has 1 aromatic carbocycles. The summed E-state index contributed by atoms with van der Waals surface area (Å²) in [5, 5.41) is 10.9. The van der Waals surface area contributed by atoms with Crippen LogP contribution in [-0.2, 0) is 6.54 Å². The molecule has 7 heteroatoms. The van der Waals surface area contributed by atoms with E-state index in [-0.39, 0.29) is 17.6 Å². The summed E-state index contributed by atoms with van der Waals surface area (Å²) in [6, 6.07) is 14.0. The highest BCUT2D eigenvalue weighted by Gasteiger charge is 2.26. The molecular formula is C18H19N5O2. The van der Waals surface area contributed by atoms with Gasteiger partial charge >= 0.3 is 0 Å². The highest BCUT2D eigenvalue weighted by Crippen LogP contribution is 2.26. The van der Waals surface area contributed by atoms with Crippen LogP contribution in [0.4, 0.5) is 5.82 Å². The molecule has 0 bridgehead atoms. The van der Waals surface area contributed by atoms with Gasteiger partial charge in [0.1, 0.15) is 12.1 Å². The van der Waals surface area contributed by atoms with Gasteiger partial charge in [-0.2, -0.15) is 5.10 Å². The minimum atomic E-state index is -0.297. The number of rotatable bonds is 5. The maximum Gasteiger partial charge on any atom is 0.278 e. The van der Waals surface area contributed by atoms with Crippen molar-refractivity contribution >= 4 is 11.7 Å². The summed E-state index contributed by atoms with van der Waals surface area (Å²) in [5.41, 5.74) is 1.56. The number of hydrogen-bond acceptors (Lipinski definition) is 5. The number of nitrogens with zero attached hydrogens (tertiary/aromatic N) is 4. The number of likely N-dealkylation sites (tertiary alicyclic amines) is 1. The number of nitrogens with one attached hydrogen (secondary N) is 1. The topological polar surface area (TPSA) is 76.2 Å². The molecule has 2 aromatic heterocycles. The number of anilines is 1. The Labute approximate surface area is 145 Å². The second-order valence-electron chi connectivity index (χ2n) is 6.16. The van der Waals surface area contributed by atoms with Crippen LogP contribution in [0, 0.1) is 0 Å². The smallest absolute Gasteiger partial charge is 0.278 e. The molecule has 0 radical (unpaired) electrons. The highest BCUT2D eigenvalue weighted by molar-refractivity contribution is 6.02. The number of carbonyl (C=O) groups excluding carboxylic acids is 1. The Morgan fingerprint density at radius 1 is 1.24 bits per heavy atom. The van der Waals surface area contributed by atoms with Gasteiger partial charge in [0, 0.05) is 31.8 Å². The van der Waals surface area contributed by atoms with Crippen LogP contribution in [0.2, 0.25) is 0 Å². The summed E-state index contributed by atoms with van der Waals surface area (Å²) in [6.07, 6.45) is 4.09. The number of benzene rings is 1. The Morgan fingerprint density at radius 3 is 2.92 bits per heavy atom. The quantitative estimate of drug-likeness (QED) is 0.774. The van der Waals surface area contributed by atoms with E-state index >= 15 is 0 Å². The average molecular weight is 337 g/mol. The van der Waals surface area contributed by atoms with Gasteiger partial charge in [-0.1, -0.05) is 35.5 Å². The first-order chi connectivity index (χ1) is 12.3. The van der Waals surface area contributed by atoms with Crippen molar-refractivity contribution in [1.82, 2.24) is 19.8 Å². The van der Waals surface area contributed by atoms with Gasteiger partial charge in [-0.3, -0.25) is 9.69 Å². The lowest BCUT2D eigenvalue weighted by Gasteiger charge is -2.17. The molecule has 1 fully saturated rings. The summed E-state index contributed by atoms with van der Waals surface area (Å²) >= 11 is 0. The zero-order valence-electron chi connectivity index (χ0n) is 13.7. The van der Waals surface area contributed by atoms with Gasteiger partial charge in [-0.15, -0.1) is 0 Å². The monoisotopic (exact) mass is 337 g/mol. The number of amides is 1. The molecule has 4 rings (SSSR count). The molecule has 0 aliphatic carbocycles. The molecule has 1 amide bonds. The lowest BCUT2D eigenvalue weighted by Crippen LogP contribution is -2.23. The zero-order valence-corrected chi connectivity index (χ0v) is 13.7. The van der Waals surface area contributed by atoms with E-state index in [9.17, 15) is 4.79 Å². The zero-order chi connectivity index (χ0) is 17.1. The third-order valence-electron chi connectivity index (χ3n) is 4.42. The summed E-state index contributed by atoms with van der Waals surface area (Å²) < 4.78 is 6.61. The van der Waals surface area contributed by atoms with E-state index in [1.807, 2.05) is 10.7 Å². The summed E-state index contributed by atoms with van der Waals surface area (Å²) in [4.78, 5) is 14.6. The Kier molecular flexibility index (Phi) is 4.30. The van der Waals surface area contributed by atoms with Crippen molar-refractivity contribution in [2.24, 2.45) is 0 Å². The number of aromatic nitrogens is 3. The molecule has 7 nitrogen and oxygen atoms in total. The van der Waals surface area contributed by atoms with Gasteiger partial charge in [-0.05, 0) is 12.0 Å². The molecule has 1 saturated heterocycles. The molecule has 0 saturated carbocycles. The van der Waals surface area contributed by atoms with Gasteiger partial charge in [0.15, 0.2) is 5.69 Å². The van der Waals surface area contributed by atoms with Gasteiger partial charge < -0.3 is 9.84 Å². The van der Waals surface area contributed by atoms with Crippen LogP contribution < -0.4 is 5.32 Å². The second-order valence-corrected chi connectivity index (χ2v) is 6.16. The Morgan fingerprint density at radius 2 is 2.12 bits per heavy atom. The molecule has 1 N–H and O–H groups in total. The minimum Gasteiger partial charge on any atom is -0.364 e. The van der Waals surface area contributed by atoms with Crippen LogP contribution in [0.25, 0.3) is 0 Å². The fraction of sp³-hybridized carbons (Fsp3) is 0.278. The number of carbonyl (C=O) groups is 1. The second kappa shape index (κ2) is 6.90. The van der Waals surface area contributed by atoms with E-state index in [2.05, 4.69) is 44.7 Å². The Balaban J connectivity index is 1.41. The maximum absolute atomic E-state index is 12.2. The largest absolute Gasteiger partial charge is 0.364 e. The molecule has 1 atom stereocenters. The summed E-state index contributed by atoms with van der Waals surface area (Å²) in [7, 11) is 0. The Hall–Kier alpha value is -2.93.